The van der Waals surface area contributed by atoms with Crippen LogP contribution in [0.1, 0.15) is 9.68 Å². The third kappa shape index (κ3) is 3.08. The molecule has 0 spiro atoms. The van der Waals surface area contributed by atoms with E-state index in [4.69, 9.17) is 27.3 Å². The highest BCUT2D eigenvalue weighted by molar-refractivity contribution is 7.19. The van der Waals surface area contributed by atoms with Gasteiger partial charge in [-0.25, -0.2) is 0 Å². The predicted molar refractivity (Wildman–Crippen MR) is 129 cm³/mol. The molecule has 0 unspecified atom stereocenters. The standard InChI is InChI=1S/C25H17Cl2NS/c1-16-14-20-23(15-29-25(20)19-11-6-5-10-18(16)19)28(17-8-3-2-4-9-17)22-13-7-12-21(26)24(22)27/h2-15H,1H3/i1D3. The molecule has 0 aliphatic heterocycles. The summed E-state index contributed by atoms with van der Waals surface area (Å²) in [5.41, 5.74) is 2.83. The van der Waals surface area contributed by atoms with Gasteiger partial charge in [-0.1, -0.05) is 71.7 Å². The van der Waals surface area contributed by atoms with E-state index in [1.54, 1.807) is 23.5 Å². The van der Waals surface area contributed by atoms with Crippen molar-refractivity contribution in [2.75, 3.05) is 4.90 Å². The summed E-state index contributed by atoms with van der Waals surface area (Å²) in [5.74, 6) is 0. The van der Waals surface area contributed by atoms with E-state index < -0.39 is 6.85 Å². The van der Waals surface area contributed by atoms with E-state index in [0.717, 1.165) is 37.9 Å². The van der Waals surface area contributed by atoms with Crippen LogP contribution < -0.4 is 4.90 Å². The lowest BCUT2D eigenvalue weighted by atomic mass is 10.0. The fourth-order valence-electron chi connectivity index (χ4n) is 3.67. The number of para-hydroxylation sites is 1. The molecule has 0 radical (unpaired) electrons. The molecule has 0 atom stereocenters. The molecule has 4 heteroatoms. The number of nitrogens with zero attached hydrogens (tertiary/aromatic N) is 1. The quantitative estimate of drug-likeness (QED) is 0.272. The predicted octanol–water partition coefficient (Wildman–Crippen LogP) is 9.14. The van der Waals surface area contributed by atoms with Crippen molar-refractivity contribution in [3.8, 4) is 0 Å². The first-order chi connectivity index (χ1) is 15.4. The van der Waals surface area contributed by atoms with Crippen LogP contribution in [0, 0.1) is 6.85 Å². The number of aryl methyl sites for hydroxylation is 1. The molecule has 0 saturated carbocycles. The van der Waals surface area contributed by atoms with Gasteiger partial charge in [0.05, 0.1) is 21.4 Å². The number of anilines is 3. The van der Waals surface area contributed by atoms with Crippen molar-refractivity contribution in [2.45, 2.75) is 6.85 Å². The highest BCUT2D eigenvalue weighted by atomic mass is 35.5. The second kappa shape index (κ2) is 7.38. The summed E-state index contributed by atoms with van der Waals surface area (Å²) in [5, 5.41) is 5.48. The number of benzene rings is 4. The second-order valence-corrected chi connectivity index (χ2v) is 8.38. The first-order valence-electron chi connectivity index (χ1n) is 10.6. The molecular weight excluding hydrogens is 417 g/mol. The molecule has 0 fully saturated rings. The van der Waals surface area contributed by atoms with Crippen LogP contribution in [0.2, 0.25) is 10.0 Å². The fourth-order valence-corrected chi connectivity index (χ4v) is 5.10. The Bertz CT molecular complexity index is 1440. The van der Waals surface area contributed by atoms with Gasteiger partial charge in [-0.3, -0.25) is 0 Å². The Morgan fingerprint density at radius 3 is 2.34 bits per heavy atom. The Balaban J connectivity index is 1.87. The van der Waals surface area contributed by atoms with Crippen LogP contribution in [0.5, 0.6) is 0 Å². The first kappa shape index (κ1) is 15.3. The third-order valence-electron chi connectivity index (χ3n) is 4.99. The molecule has 4 aromatic carbocycles. The molecule has 0 aliphatic carbocycles. The van der Waals surface area contributed by atoms with Crippen molar-refractivity contribution in [1.29, 1.82) is 0 Å². The Hall–Kier alpha value is -2.52. The normalized spacial score (nSPS) is 13.2. The largest absolute Gasteiger partial charge is 0.307 e. The summed E-state index contributed by atoms with van der Waals surface area (Å²) < 4.78 is 25.4. The van der Waals surface area contributed by atoms with Crippen molar-refractivity contribution < 1.29 is 4.11 Å². The summed E-state index contributed by atoms with van der Waals surface area (Å²) in [7, 11) is 0. The lowest BCUT2D eigenvalue weighted by Gasteiger charge is -2.26. The van der Waals surface area contributed by atoms with Crippen LogP contribution in [0.3, 0.4) is 0 Å². The maximum absolute atomic E-state index is 8.14. The minimum absolute atomic E-state index is 0.338. The van der Waals surface area contributed by atoms with E-state index in [1.807, 2.05) is 77.0 Å². The van der Waals surface area contributed by atoms with Crippen molar-refractivity contribution in [2.24, 2.45) is 0 Å². The highest BCUT2D eigenvalue weighted by Gasteiger charge is 2.21. The summed E-state index contributed by atoms with van der Waals surface area (Å²) in [6, 6.07) is 24.8. The van der Waals surface area contributed by atoms with Crippen molar-refractivity contribution >= 4 is 72.5 Å². The molecule has 1 aromatic heterocycles. The van der Waals surface area contributed by atoms with E-state index in [0.29, 0.717) is 15.6 Å². The van der Waals surface area contributed by atoms with Gasteiger partial charge in [-0.2, -0.15) is 0 Å². The zero-order valence-electron chi connectivity index (χ0n) is 18.2. The van der Waals surface area contributed by atoms with E-state index in [9.17, 15) is 0 Å². The van der Waals surface area contributed by atoms with Gasteiger partial charge in [0.25, 0.3) is 0 Å². The number of hydrogen-bond donors (Lipinski definition) is 0. The smallest absolute Gasteiger partial charge is 0.0832 e. The number of rotatable bonds is 3. The van der Waals surface area contributed by atoms with Gasteiger partial charge >= 0.3 is 0 Å². The van der Waals surface area contributed by atoms with Gasteiger partial charge in [-0.15, -0.1) is 11.3 Å². The van der Waals surface area contributed by atoms with Crippen LogP contribution >= 0.6 is 34.5 Å². The molecule has 5 aromatic rings. The van der Waals surface area contributed by atoms with Crippen molar-refractivity contribution in [3.63, 3.8) is 0 Å². The first-order valence-corrected chi connectivity index (χ1v) is 10.7. The van der Waals surface area contributed by atoms with Crippen LogP contribution in [-0.2, 0) is 0 Å². The maximum Gasteiger partial charge on any atom is 0.0832 e. The summed E-state index contributed by atoms with van der Waals surface area (Å²) in [4.78, 5) is 2.03. The van der Waals surface area contributed by atoms with Crippen LogP contribution in [0.15, 0.2) is 84.2 Å². The maximum atomic E-state index is 8.14. The molecule has 29 heavy (non-hydrogen) atoms. The molecule has 0 saturated heterocycles. The van der Waals surface area contributed by atoms with Gasteiger partial charge < -0.3 is 4.90 Å². The van der Waals surface area contributed by atoms with Crippen molar-refractivity contribution in [3.05, 3.63) is 99.9 Å². The molecule has 0 amide bonds. The number of fused-ring (bicyclic) bond motifs is 3. The van der Waals surface area contributed by atoms with Gasteiger partial charge in [0.1, 0.15) is 0 Å². The monoisotopic (exact) mass is 436 g/mol. The van der Waals surface area contributed by atoms with E-state index in [1.165, 1.54) is 0 Å². The zero-order valence-corrected chi connectivity index (χ0v) is 17.5. The fraction of sp³-hybridized carbons (Fsp3) is 0.0400. The highest BCUT2D eigenvalue weighted by Crippen LogP contribution is 2.47. The molecule has 1 heterocycles. The average molecular weight is 437 g/mol. The molecule has 5 rings (SSSR count). The number of halogens is 2. The Morgan fingerprint density at radius 1 is 0.793 bits per heavy atom. The topological polar surface area (TPSA) is 3.24 Å². The van der Waals surface area contributed by atoms with Crippen LogP contribution in [0.4, 0.5) is 17.1 Å². The minimum atomic E-state index is -2.24. The van der Waals surface area contributed by atoms with Gasteiger partial charge in [-0.05, 0) is 53.5 Å². The lowest BCUT2D eigenvalue weighted by Crippen LogP contribution is -2.10. The molecule has 0 aliphatic rings. The summed E-state index contributed by atoms with van der Waals surface area (Å²) >= 11 is 14.6. The molecule has 142 valence electrons. The van der Waals surface area contributed by atoms with Gasteiger partial charge in [0, 0.05) is 25.3 Å². The average Bonchev–Trinajstić information content (AvgIpc) is 3.20. The second-order valence-electron chi connectivity index (χ2n) is 6.71. The van der Waals surface area contributed by atoms with E-state index in [-0.39, 0.29) is 0 Å². The Kier molecular flexibility index (Phi) is 3.90. The summed E-state index contributed by atoms with van der Waals surface area (Å²) in [6.45, 7) is -2.24. The van der Waals surface area contributed by atoms with Gasteiger partial charge in [0.15, 0.2) is 0 Å². The van der Waals surface area contributed by atoms with Gasteiger partial charge in [0.2, 0.25) is 0 Å². The van der Waals surface area contributed by atoms with Crippen molar-refractivity contribution in [1.82, 2.24) is 0 Å². The SMILES string of the molecule is [2H]C([2H])([2H])c1cc2c(N(c3ccccc3)c3cccc(Cl)c3Cl)csc2c2ccccc12. The molecular formula is C25H17Cl2NS. The zero-order chi connectivity index (χ0) is 22.5. The van der Waals surface area contributed by atoms with E-state index in [2.05, 4.69) is 0 Å². The minimum Gasteiger partial charge on any atom is -0.307 e. The molecule has 0 N–H and O–H groups in total. The Morgan fingerprint density at radius 2 is 1.55 bits per heavy atom. The van der Waals surface area contributed by atoms with Crippen LogP contribution in [0.25, 0.3) is 20.9 Å². The number of hydrogen-bond acceptors (Lipinski definition) is 2. The summed E-state index contributed by atoms with van der Waals surface area (Å²) in [6.07, 6.45) is 0. The van der Waals surface area contributed by atoms with E-state index >= 15 is 0 Å². The van der Waals surface area contributed by atoms with Crippen LogP contribution in [-0.4, -0.2) is 0 Å². The molecule has 0 bridgehead atoms. The Labute approximate surface area is 187 Å². The third-order valence-corrected chi connectivity index (χ3v) is 6.81. The molecule has 1 nitrogen and oxygen atoms in total. The lowest BCUT2D eigenvalue weighted by molar-refractivity contribution is 1.31. The number of thiophene rings is 1.